The first-order valence-corrected chi connectivity index (χ1v) is 8.11. The molecule has 2 amide bonds. The normalized spacial score (nSPS) is 46.5. The fourth-order valence-corrected chi connectivity index (χ4v) is 6.24. The zero-order chi connectivity index (χ0) is 14.0. The number of nitrogens with one attached hydrogen (secondary N) is 1. The second-order valence-corrected chi connectivity index (χ2v) is 8.27. The number of alkyl halides is 1. The Hall–Kier alpha value is -0.770. The van der Waals surface area contributed by atoms with Crippen molar-refractivity contribution in [3.63, 3.8) is 0 Å². The summed E-state index contributed by atoms with van der Waals surface area (Å²) in [6, 6.07) is 0. The van der Waals surface area contributed by atoms with Gasteiger partial charge in [0.2, 0.25) is 11.8 Å². The van der Waals surface area contributed by atoms with E-state index in [-0.39, 0.29) is 28.6 Å². The second-order valence-electron chi connectivity index (χ2n) is 7.47. The molecule has 4 nitrogen and oxygen atoms in total. The van der Waals surface area contributed by atoms with Crippen LogP contribution in [0.1, 0.15) is 38.5 Å². The number of carbonyl (C=O) groups is 2. The highest BCUT2D eigenvalue weighted by Gasteiger charge is 2.60. The van der Waals surface area contributed by atoms with Gasteiger partial charge in [0, 0.05) is 18.0 Å². The molecule has 20 heavy (non-hydrogen) atoms. The van der Waals surface area contributed by atoms with Crippen LogP contribution in [0, 0.1) is 17.3 Å². The molecule has 0 aromatic rings. The summed E-state index contributed by atoms with van der Waals surface area (Å²) in [5.41, 5.74) is -0.260. The average molecular weight is 297 g/mol. The summed E-state index contributed by atoms with van der Waals surface area (Å²) < 4.78 is 0. The van der Waals surface area contributed by atoms with Crippen LogP contribution in [-0.2, 0) is 9.59 Å². The summed E-state index contributed by atoms with van der Waals surface area (Å²) in [6.45, 7) is 1.46. The lowest BCUT2D eigenvalue weighted by atomic mass is 9.49. The Bertz CT molecular complexity index is 464. The third-order valence-corrected chi connectivity index (χ3v) is 6.21. The van der Waals surface area contributed by atoms with Crippen LogP contribution in [-0.4, -0.2) is 41.2 Å². The maximum absolute atomic E-state index is 13.0. The predicted octanol–water partition coefficient (Wildman–Crippen LogP) is 1.52. The van der Waals surface area contributed by atoms with Crippen molar-refractivity contribution in [2.75, 3.05) is 19.6 Å². The Kier molecular flexibility index (Phi) is 2.67. The van der Waals surface area contributed by atoms with Gasteiger partial charge in [0.05, 0.1) is 12.0 Å². The van der Waals surface area contributed by atoms with Gasteiger partial charge in [-0.05, 0) is 50.4 Å². The Morgan fingerprint density at radius 1 is 1.25 bits per heavy atom. The van der Waals surface area contributed by atoms with Gasteiger partial charge in [0.1, 0.15) is 0 Å². The van der Waals surface area contributed by atoms with Crippen molar-refractivity contribution in [1.82, 2.24) is 10.2 Å². The molecule has 0 aromatic carbocycles. The topological polar surface area (TPSA) is 49.4 Å². The van der Waals surface area contributed by atoms with Gasteiger partial charge in [-0.2, -0.15) is 0 Å². The smallest absolute Gasteiger partial charge is 0.239 e. The summed E-state index contributed by atoms with van der Waals surface area (Å²) in [7, 11) is 0. The van der Waals surface area contributed by atoms with E-state index in [4.69, 9.17) is 11.6 Å². The largest absolute Gasteiger partial charge is 0.353 e. The first kappa shape index (κ1) is 12.9. The van der Waals surface area contributed by atoms with Crippen LogP contribution in [0.15, 0.2) is 0 Å². The van der Waals surface area contributed by atoms with Crippen LogP contribution in [0.2, 0.25) is 0 Å². The van der Waals surface area contributed by atoms with Crippen molar-refractivity contribution in [2.45, 2.75) is 43.4 Å². The van der Waals surface area contributed by atoms with Gasteiger partial charge in [-0.25, -0.2) is 0 Å². The number of halogens is 1. The molecule has 4 bridgehead atoms. The second kappa shape index (κ2) is 4.12. The number of hydrogen-bond donors (Lipinski definition) is 1. The zero-order valence-corrected chi connectivity index (χ0v) is 12.4. The SMILES string of the molecule is O=C1CN(C(=O)C23CC4CC(CC(Cl)(C4)C2)C3)CCN1. The molecule has 4 saturated carbocycles. The minimum absolute atomic E-state index is 0.0325. The highest BCUT2D eigenvalue weighted by molar-refractivity contribution is 6.24. The Morgan fingerprint density at radius 3 is 2.55 bits per heavy atom. The van der Waals surface area contributed by atoms with Gasteiger partial charge in [-0.15, -0.1) is 11.6 Å². The Balaban J connectivity index is 1.60. The summed E-state index contributed by atoms with van der Waals surface area (Å²) in [5.74, 6) is 1.41. The van der Waals surface area contributed by atoms with Crippen LogP contribution < -0.4 is 5.32 Å². The Morgan fingerprint density at radius 2 is 1.95 bits per heavy atom. The molecule has 1 N–H and O–H groups in total. The van der Waals surface area contributed by atoms with E-state index in [1.54, 1.807) is 4.90 Å². The van der Waals surface area contributed by atoms with E-state index >= 15 is 0 Å². The van der Waals surface area contributed by atoms with Crippen molar-refractivity contribution in [3.05, 3.63) is 0 Å². The monoisotopic (exact) mass is 296 g/mol. The molecule has 2 atom stereocenters. The molecule has 110 valence electrons. The minimum Gasteiger partial charge on any atom is -0.353 e. The van der Waals surface area contributed by atoms with Gasteiger partial charge in [0.15, 0.2) is 0 Å². The van der Waals surface area contributed by atoms with Crippen molar-refractivity contribution < 1.29 is 9.59 Å². The molecule has 5 aliphatic rings. The molecular weight excluding hydrogens is 276 g/mol. The van der Waals surface area contributed by atoms with Gasteiger partial charge >= 0.3 is 0 Å². The molecule has 0 aromatic heterocycles. The molecule has 0 spiro atoms. The van der Waals surface area contributed by atoms with Gasteiger partial charge in [0.25, 0.3) is 0 Å². The summed E-state index contributed by atoms with van der Waals surface area (Å²) in [6.07, 6.45) is 6.24. The highest BCUT2D eigenvalue weighted by atomic mass is 35.5. The third-order valence-electron chi connectivity index (χ3n) is 5.77. The summed E-state index contributed by atoms with van der Waals surface area (Å²) >= 11 is 6.78. The van der Waals surface area contributed by atoms with E-state index < -0.39 is 0 Å². The van der Waals surface area contributed by atoms with E-state index in [1.807, 2.05) is 0 Å². The fraction of sp³-hybridized carbons (Fsp3) is 0.867. The first-order chi connectivity index (χ1) is 9.48. The zero-order valence-electron chi connectivity index (χ0n) is 11.7. The third kappa shape index (κ3) is 1.87. The average Bonchev–Trinajstić information content (AvgIpc) is 2.35. The van der Waals surface area contributed by atoms with Crippen molar-refractivity contribution in [3.8, 4) is 0 Å². The highest BCUT2D eigenvalue weighted by Crippen LogP contribution is 2.64. The van der Waals surface area contributed by atoms with E-state index in [2.05, 4.69) is 5.32 Å². The molecule has 1 saturated heterocycles. The molecular formula is C15H21ClN2O2. The molecule has 2 unspecified atom stereocenters. The number of amides is 2. The quantitative estimate of drug-likeness (QED) is 0.746. The van der Waals surface area contributed by atoms with Crippen LogP contribution >= 0.6 is 11.6 Å². The molecule has 5 rings (SSSR count). The Labute approximate surface area is 124 Å². The van der Waals surface area contributed by atoms with Gasteiger partial charge < -0.3 is 10.2 Å². The van der Waals surface area contributed by atoms with Crippen LogP contribution in [0.4, 0.5) is 0 Å². The van der Waals surface area contributed by atoms with Crippen LogP contribution in [0.3, 0.4) is 0 Å². The summed E-state index contributed by atoms with van der Waals surface area (Å²) in [5, 5.41) is 2.79. The molecule has 0 radical (unpaired) electrons. The van der Waals surface area contributed by atoms with Crippen molar-refractivity contribution in [1.29, 1.82) is 0 Å². The number of nitrogens with zero attached hydrogens (tertiary/aromatic N) is 1. The lowest BCUT2D eigenvalue weighted by molar-refractivity contribution is -0.158. The molecule has 5 fully saturated rings. The van der Waals surface area contributed by atoms with Crippen molar-refractivity contribution in [2.24, 2.45) is 17.3 Å². The minimum atomic E-state index is -0.260. The van der Waals surface area contributed by atoms with Crippen LogP contribution in [0.25, 0.3) is 0 Å². The van der Waals surface area contributed by atoms with Crippen molar-refractivity contribution >= 4 is 23.4 Å². The lowest BCUT2D eigenvalue weighted by Crippen LogP contribution is -2.61. The maximum atomic E-state index is 13.0. The number of hydrogen-bond acceptors (Lipinski definition) is 2. The van der Waals surface area contributed by atoms with E-state index in [0.717, 1.165) is 32.1 Å². The first-order valence-electron chi connectivity index (χ1n) is 7.73. The molecule has 5 heteroatoms. The van der Waals surface area contributed by atoms with E-state index in [9.17, 15) is 9.59 Å². The van der Waals surface area contributed by atoms with Crippen LogP contribution in [0.5, 0.6) is 0 Å². The lowest BCUT2D eigenvalue weighted by Gasteiger charge is -2.59. The predicted molar refractivity (Wildman–Crippen MR) is 75.3 cm³/mol. The fourth-order valence-electron chi connectivity index (χ4n) is 5.55. The standard InChI is InChI=1S/C15H21ClN2O2/c16-15-6-10-3-11(7-15)5-14(4-10,9-15)13(20)18-2-1-17-12(19)8-18/h10-11H,1-9H2,(H,17,19). The number of piperazine rings is 1. The maximum Gasteiger partial charge on any atom is 0.239 e. The van der Waals surface area contributed by atoms with Gasteiger partial charge in [-0.1, -0.05) is 0 Å². The molecule has 1 heterocycles. The number of rotatable bonds is 1. The molecule has 1 aliphatic heterocycles. The van der Waals surface area contributed by atoms with E-state index in [0.29, 0.717) is 24.9 Å². The number of carbonyl (C=O) groups excluding carboxylic acids is 2. The summed E-state index contributed by atoms with van der Waals surface area (Å²) in [4.78, 5) is 26.2. The molecule has 4 aliphatic carbocycles. The van der Waals surface area contributed by atoms with E-state index in [1.165, 1.54) is 6.42 Å². The van der Waals surface area contributed by atoms with Gasteiger partial charge in [-0.3, -0.25) is 9.59 Å².